The van der Waals surface area contributed by atoms with Gasteiger partial charge in [0.25, 0.3) is 0 Å². The lowest BCUT2D eigenvalue weighted by Gasteiger charge is -2.39. The summed E-state index contributed by atoms with van der Waals surface area (Å²) >= 11 is 0. The van der Waals surface area contributed by atoms with Crippen LogP contribution < -0.4 is 10.5 Å². The van der Waals surface area contributed by atoms with Crippen molar-refractivity contribution in [3.05, 3.63) is 23.8 Å². The molecule has 6 heteroatoms. The highest BCUT2D eigenvalue weighted by atomic mass is 19.4. The predicted molar refractivity (Wildman–Crippen MR) is 71.6 cm³/mol. The molecule has 0 radical (unpaired) electrons. The number of hydrogen-bond acceptors (Lipinski definition) is 3. The van der Waals surface area contributed by atoms with Crippen molar-refractivity contribution in [2.45, 2.75) is 31.5 Å². The Labute approximate surface area is 116 Å². The third-order valence-electron chi connectivity index (χ3n) is 3.54. The van der Waals surface area contributed by atoms with E-state index in [0.717, 1.165) is 38.1 Å². The average Bonchev–Trinajstić information content (AvgIpc) is 2.29. The summed E-state index contributed by atoms with van der Waals surface area (Å²) < 4.78 is 43.6. The third kappa shape index (κ3) is 3.36. The molecule has 0 aliphatic carbocycles. The molecule has 20 heavy (non-hydrogen) atoms. The van der Waals surface area contributed by atoms with Crippen molar-refractivity contribution in [2.75, 3.05) is 25.9 Å². The van der Waals surface area contributed by atoms with Gasteiger partial charge in [-0.25, -0.2) is 0 Å². The standard InChI is InChI=1S/C14H19F3N2O/c1-13(6-3-7-19(2)9-13)20-12-5-4-10(8-11(12)18)14(15,16)17/h4-5,8H,3,6-7,9,18H2,1-2H3. The van der Waals surface area contributed by atoms with Gasteiger partial charge in [-0.2, -0.15) is 13.2 Å². The molecule has 0 aromatic heterocycles. The Morgan fingerprint density at radius 1 is 1.35 bits per heavy atom. The van der Waals surface area contributed by atoms with Crippen molar-refractivity contribution in [2.24, 2.45) is 0 Å². The Bertz CT molecular complexity index is 490. The van der Waals surface area contributed by atoms with E-state index in [4.69, 9.17) is 10.5 Å². The lowest BCUT2D eigenvalue weighted by molar-refractivity contribution is -0.137. The number of ether oxygens (including phenoxy) is 1. The van der Waals surface area contributed by atoms with Crippen LogP contribution in [-0.2, 0) is 6.18 Å². The van der Waals surface area contributed by atoms with Crippen LogP contribution >= 0.6 is 0 Å². The number of likely N-dealkylation sites (N-methyl/N-ethyl adjacent to an activating group) is 1. The van der Waals surface area contributed by atoms with Gasteiger partial charge in [-0.15, -0.1) is 0 Å². The molecule has 1 atom stereocenters. The molecule has 2 N–H and O–H groups in total. The molecule has 1 saturated heterocycles. The first kappa shape index (κ1) is 15.0. The van der Waals surface area contributed by atoms with E-state index < -0.39 is 17.3 Å². The van der Waals surface area contributed by atoms with Crippen LogP contribution in [0.25, 0.3) is 0 Å². The number of nitrogens with zero attached hydrogens (tertiary/aromatic N) is 1. The van der Waals surface area contributed by atoms with Crippen molar-refractivity contribution >= 4 is 5.69 Å². The monoisotopic (exact) mass is 288 g/mol. The van der Waals surface area contributed by atoms with Crippen LogP contribution in [0.15, 0.2) is 18.2 Å². The predicted octanol–water partition coefficient (Wildman–Crippen LogP) is 3.15. The minimum atomic E-state index is -4.39. The highest BCUT2D eigenvalue weighted by Crippen LogP contribution is 2.36. The van der Waals surface area contributed by atoms with Gasteiger partial charge in [-0.05, 0) is 51.6 Å². The quantitative estimate of drug-likeness (QED) is 0.850. The number of rotatable bonds is 2. The Kier molecular flexibility index (Phi) is 3.86. The summed E-state index contributed by atoms with van der Waals surface area (Å²) in [4.78, 5) is 2.14. The first-order valence-corrected chi connectivity index (χ1v) is 6.54. The molecule has 1 aliphatic rings. The van der Waals surface area contributed by atoms with Crippen LogP contribution in [0.1, 0.15) is 25.3 Å². The SMILES string of the molecule is CN1CCCC(C)(Oc2ccc(C(F)(F)F)cc2N)C1. The zero-order chi connectivity index (χ0) is 15.0. The Hall–Kier alpha value is -1.43. The van der Waals surface area contributed by atoms with Gasteiger partial charge in [0.05, 0.1) is 11.3 Å². The maximum absolute atomic E-state index is 12.6. The first-order valence-electron chi connectivity index (χ1n) is 6.54. The van der Waals surface area contributed by atoms with Crippen molar-refractivity contribution in [1.82, 2.24) is 4.90 Å². The molecule has 2 rings (SSSR count). The van der Waals surface area contributed by atoms with E-state index >= 15 is 0 Å². The topological polar surface area (TPSA) is 38.5 Å². The summed E-state index contributed by atoms with van der Waals surface area (Å²) in [5.41, 5.74) is 4.54. The first-order chi connectivity index (χ1) is 9.20. The zero-order valence-corrected chi connectivity index (χ0v) is 11.6. The molecule has 0 amide bonds. The molecule has 1 aromatic rings. The fourth-order valence-corrected chi connectivity index (χ4v) is 2.62. The lowest BCUT2D eigenvalue weighted by Crippen LogP contribution is -2.48. The van der Waals surface area contributed by atoms with Gasteiger partial charge >= 0.3 is 6.18 Å². The number of likely N-dealkylation sites (tertiary alicyclic amines) is 1. The van der Waals surface area contributed by atoms with Crippen molar-refractivity contribution < 1.29 is 17.9 Å². The molecule has 1 aromatic carbocycles. The van der Waals surface area contributed by atoms with E-state index in [1.807, 2.05) is 14.0 Å². The number of nitrogen functional groups attached to an aromatic ring is 1. The van der Waals surface area contributed by atoms with Gasteiger partial charge < -0.3 is 15.4 Å². The van der Waals surface area contributed by atoms with Crippen LogP contribution in [-0.4, -0.2) is 30.6 Å². The van der Waals surface area contributed by atoms with Crippen molar-refractivity contribution in [1.29, 1.82) is 0 Å². The van der Waals surface area contributed by atoms with E-state index in [2.05, 4.69) is 4.90 Å². The van der Waals surface area contributed by atoms with Gasteiger partial charge in [0.1, 0.15) is 11.4 Å². The van der Waals surface area contributed by atoms with E-state index in [1.165, 1.54) is 6.07 Å². The van der Waals surface area contributed by atoms with Gasteiger partial charge in [-0.1, -0.05) is 0 Å². The maximum Gasteiger partial charge on any atom is 0.416 e. The van der Waals surface area contributed by atoms with Crippen LogP contribution in [0, 0.1) is 0 Å². The summed E-state index contributed by atoms with van der Waals surface area (Å²) in [7, 11) is 2.00. The van der Waals surface area contributed by atoms with Gasteiger partial charge in [0, 0.05) is 6.54 Å². The van der Waals surface area contributed by atoms with Gasteiger partial charge in [0.2, 0.25) is 0 Å². The Balaban J connectivity index is 2.18. The number of nitrogens with two attached hydrogens (primary N) is 1. The molecule has 0 bridgehead atoms. The van der Waals surface area contributed by atoms with E-state index in [-0.39, 0.29) is 5.69 Å². The normalized spacial score (nSPS) is 24.6. The number of piperidine rings is 1. The van der Waals surface area contributed by atoms with Crippen molar-refractivity contribution in [3.63, 3.8) is 0 Å². The lowest BCUT2D eigenvalue weighted by atomic mass is 9.95. The van der Waals surface area contributed by atoms with Crippen LogP contribution in [0.3, 0.4) is 0 Å². The highest BCUT2D eigenvalue weighted by molar-refractivity contribution is 5.55. The number of benzene rings is 1. The summed E-state index contributed by atoms with van der Waals surface area (Å²) in [5, 5.41) is 0. The van der Waals surface area contributed by atoms with Crippen molar-refractivity contribution in [3.8, 4) is 5.75 Å². The van der Waals surface area contributed by atoms with E-state index in [1.54, 1.807) is 0 Å². The summed E-state index contributed by atoms with van der Waals surface area (Å²) in [6.45, 7) is 3.69. The number of alkyl halides is 3. The van der Waals surface area contributed by atoms with Crippen LogP contribution in [0.4, 0.5) is 18.9 Å². The number of hydrogen-bond donors (Lipinski definition) is 1. The molecule has 1 fully saturated rings. The molecular formula is C14H19F3N2O. The highest BCUT2D eigenvalue weighted by Gasteiger charge is 2.34. The smallest absolute Gasteiger partial charge is 0.416 e. The molecule has 3 nitrogen and oxygen atoms in total. The minimum Gasteiger partial charge on any atom is -0.484 e. The van der Waals surface area contributed by atoms with Gasteiger partial charge in [-0.3, -0.25) is 0 Å². The maximum atomic E-state index is 12.6. The second-order valence-corrected chi connectivity index (χ2v) is 5.64. The van der Waals surface area contributed by atoms with E-state index in [0.29, 0.717) is 5.75 Å². The fourth-order valence-electron chi connectivity index (χ4n) is 2.62. The Morgan fingerprint density at radius 2 is 2.05 bits per heavy atom. The van der Waals surface area contributed by atoms with Crippen LogP contribution in [0.5, 0.6) is 5.75 Å². The largest absolute Gasteiger partial charge is 0.484 e. The molecule has 1 unspecified atom stereocenters. The number of halogens is 3. The van der Waals surface area contributed by atoms with Crippen LogP contribution in [0.2, 0.25) is 0 Å². The zero-order valence-electron chi connectivity index (χ0n) is 11.6. The second-order valence-electron chi connectivity index (χ2n) is 5.64. The average molecular weight is 288 g/mol. The Morgan fingerprint density at radius 3 is 2.60 bits per heavy atom. The molecule has 1 heterocycles. The molecule has 112 valence electrons. The summed E-state index contributed by atoms with van der Waals surface area (Å²) in [6, 6.07) is 3.23. The second kappa shape index (κ2) is 5.16. The number of anilines is 1. The van der Waals surface area contributed by atoms with E-state index in [9.17, 15) is 13.2 Å². The third-order valence-corrected chi connectivity index (χ3v) is 3.54. The summed E-state index contributed by atoms with van der Waals surface area (Å²) in [6.07, 6.45) is -2.53. The molecule has 1 aliphatic heterocycles. The summed E-state index contributed by atoms with van der Waals surface area (Å²) in [5.74, 6) is 0.316. The molecular weight excluding hydrogens is 269 g/mol. The minimum absolute atomic E-state index is 0.0225. The molecule has 0 saturated carbocycles. The van der Waals surface area contributed by atoms with Gasteiger partial charge in [0.15, 0.2) is 0 Å². The fraction of sp³-hybridized carbons (Fsp3) is 0.571. The molecule has 0 spiro atoms.